The number of hydrogen-bond acceptors (Lipinski definition) is 3. The number of rotatable bonds is 6. The first kappa shape index (κ1) is 19.2. The number of amides is 1. The molecule has 4 nitrogen and oxygen atoms in total. The molecule has 1 N–H and O–H groups in total. The van der Waals surface area contributed by atoms with Gasteiger partial charge in [0, 0.05) is 0 Å². The van der Waals surface area contributed by atoms with Gasteiger partial charge >= 0.3 is 6.18 Å². The Labute approximate surface area is 148 Å². The summed E-state index contributed by atoms with van der Waals surface area (Å²) in [5.41, 5.74) is -0.784. The van der Waals surface area contributed by atoms with Crippen LogP contribution in [0.15, 0.2) is 54.6 Å². The fourth-order valence-corrected chi connectivity index (χ4v) is 1.85. The van der Waals surface area contributed by atoms with Gasteiger partial charge in [-0.25, -0.2) is 0 Å². The average Bonchev–Trinajstić information content (AvgIpc) is 2.63. The van der Waals surface area contributed by atoms with E-state index in [2.05, 4.69) is 17.2 Å². The molecule has 0 aliphatic carbocycles. The van der Waals surface area contributed by atoms with Crippen LogP contribution in [0.5, 0.6) is 11.5 Å². The van der Waals surface area contributed by atoms with Crippen molar-refractivity contribution in [3.8, 4) is 23.3 Å². The molecule has 26 heavy (non-hydrogen) atoms. The first-order chi connectivity index (χ1) is 12.4. The summed E-state index contributed by atoms with van der Waals surface area (Å²) in [5, 5.41) is 2.54. The van der Waals surface area contributed by atoms with Crippen molar-refractivity contribution in [1.29, 1.82) is 0 Å². The summed E-state index contributed by atoms with van der Waals surface area (Å²) in [7, 11) is 0. The summed E-state index contributed by atoms with van der Waals surface area (Å²) in [6, 6.07) is 13.4. The summed E-state index contributed by atoms with van der Waals surface area (Å²) in [5.74, 6) is 5.59. The van der Waals surface area contributed by atoms with Crippen LogP contribution in [0.1, 0.15) is 5.56 Å². The van der Waals surface area contributed by atoms with Crippen LogP contribution in [0.3, 0.4) is 0 Å². The van der Waals surface area contributed by atoms with Crippen molar-refractivity contribution in [2.45, 2.75) is 6.18 Å². The van der Waals surface area contributed by atoms with Crippen molar-refractivity contribution < 1.29 is 27.4 Å². The zero-order valence-electron chi connectivity index (χ0n) is 13.7. The van der Waals surface area contributed by atoms with Gasteiger partial charge in [-0.05, 0) is 30.3 Å². The highest BCUT2D eigenvalue weighted by Crippen LogP contribution is 2.31. The molecule has 2 rings (SSSR count). The maximum Gasteiger partial charge on any atom is 0.416 e. The molecule has 0 radical (unpaired) electrons. The number of para-hydroxylation sites is 1. The van der Waals surface area contributed by atoms with E-state index in [-0.39, 0.29) is 31.4 Å². The number of alkyl halides is 3. The molecule has 0 atom stereocenters. The summed E-state index contributed by atoms with van der Waals surface area (Å²) >= 11 is 0. The maximum atomic E-state index is 12.6. The third-order valence-corrected chi connectivity index (χ3v) is 3.08. The highest BCUT2D eigenvalue weighted by Gasteiger charge is 2.30. The lowest BCUT2D eigenvalue weighted by molar-refractivity contribution is -0.137. The Hall–Kier alpha value is -3.14. The van der Waals surface area contributed by atoms with Crippen molar-refractivity contribution in [3.05, 3.63) is 60.2 Å². The largest absolute Gasteiger partial charge is 0.484 e. The van der Waals surface area contributed by atoms with Crippen molar-refractivity contribution in [2.24, 2.45) is 0 Å². The van der Waals surface area contributed by atoms with Gasteiger partial charge in [-0.1, -0.05) is 36.1 Å². The highest BCUT2D eigenvalue weighted by molar-refractivity contribution is 5.77. The lowest BCUT2D eigenvalue weighted by Crippen LogP contribution is -2.29. The minimum absolute atomic E-state index is 0.0782. The van der Waals surface area contributed by atoms with Gasteiger partial charge in [0.25, 0.3) is 5.91 Å². The molecular formula is C19H16F3NO3. The van der Waals surface area contributed by atoms with Crippen LogP contribution in [-0.4, -0.2) is 25.7 Å². The SMILES string of the molecule is O=C(COc1ccccc1)NCC#CCOc1cccc(C(F)(F)F)c1. The molecule has 136 valence electrons. The smallest absolute Gasteiger partial charge is 0.416 e. The van der Waals surface area contributed by atoms with Crippen molar-refractivity contribution in [3.63, 3.8) is 0 Å². The van der Waals surface area contributed by atoms with E-state index in [1.165, 1.54) is 12.1 Å². The molecule has 0 bridgehead atoms. The van der Waals surface area contributed by atoms with Crippen LogP contribution in [0, 0.1) is 11.8 Å². The topological polar surface area (TPSA) is 47.6 Å². The Morgan fingerprint density at radius 2 is 1.69 bits per heavy atom. The Kier molecular flexibility index (Phi) is 6.92. The van der Waals surface area contributed by atoms with Gasteiger partial charge in [0.2, 0.25) is 0 Å². The van der Waals surface area contributed by atoms with Crippen LogP contribution in [0.25, 0.3) is 0 Å². The van der Waals surface area contributed by atoms with E-state index in [9.17, 15) is 18.0 Å². The van der Waals surface area contributed by atoms with E-state index >= 15 is 0 Å². The predicted octanol–water partition coefficient (Wildman–Crippen LogP) is 3.28. The molecule has 0 aliphatic heterocycles. The van der Waals surface area contributed by atoms with E-state index in [1.54, 1.807) is 24.3 Å². The predicted molar refractivity (Wildman–Crippen MR) is 89.7 cm³/mol. The minimum atomic E-state index is -4.42. The Morgan fingerprint density at radius 1 is 0.962 bits per heavy atom. The molecule has 2 aromatic rings. The fourth-order valence-electron chi connectivity index (χ4n) is 1.85. The molecule has 0 aromatic heterocycles. The zero-order valence-corrected chi connectivity index (χ0v) is 13.7. The van der Waals surface area contributed by atoms with Crippen LogP contribution < -0.4 is 14.8 Å². The van der Waals surface area contributed by atoms with E-state index in [1.807, 2.05) is 6.07 Å². The zero-order chi connectivity index (χ0) is 18.8. The summed E-state index contributed by atoms with van der Waals surface area (Å²) in [6.45, 7) is -0.132. The second-order valence-corrected chi connectivity index (χ2v) is 5.05. The third kappa shape index (κ3) is 6.77. The molecule has 0 unspecified atom stereocenters. The number of benzene rings is 2. The molecule has 0 saturated heterocycles. The highest BCUT2D eigenvalue weighted by atomic mass is 19.4. The van der Waals surface area contributed by atoms with Crippen molar-refractivity contribution >= 4 is 5.91 Å². The van der Waals surface area contributed by atoms with Crippen LogP contribution in [-0.2, 0) is 11.0 Å². The molecule has 1 amide bonds. The Balaban J connectivity index is 1.67. The second kappa shape index (κ2) is 9.37. The minimum Gasteiger partial charge on any atom is -0.484 e. The van der Waals surface area contributed by atoms with E-state index in [0.717, 1.165) is 12.1 Å². The number of halogens is 3. The summed E-state index contributed by atoms with van der Waals surface area (Å²) < 4.78 is 48.1. The van der Waals surface area contributed by atoms with Gasteiger partial charge in [0.15, 0.2) is 6.61 Å². The van der Waals surface area contributed by atoms with Gasteiger partial charge in [0.05, 0.1) is 12.1 Å². The second-order valence-electron chi connectivity index (χ2n) is 5.05. The molecule has 7 heteroatoms. The van der Waals surface area contributed by atoms with Crippen LogP contribution in [0.4, 0.5) is 13.2 Å². The van der Waals surface area contributed by atoms with Gasteiger partial charge in [-0.2, -0.15) is 13.2 Å². The molecule has 2 aromatic carbocycles. The van der Waals surface area contributed by atoms with Crippen molar-refractivity contribution in [2.75, 3.05) is 19.8 Å². The number of hydrogen-bond donors (Lipinski definition) is 1. The number of carbonyl (C=O) groups excluding carboxylic acids is 1. The van der Waals surface area contributed by atoms with Crippen LogP contribution >= 0.6 is 0 Å². The van der Waals surface area contributed by atoms with Gasteiger partial charge in [-0.3, -0.25) is 4.79 Å². The molecule has 0 spiro atoms. The number of nitrogens with one attached hydrogen (secondary N) is 1. The van der Waals surface area contributed by atoms with Crippen molar-refractivity contribution in [1.82, 2.24) is 5.32 Å². The van der Waals surface area contributed by atoms with E-state index < -0.39 is 11.7 Å². The molecular weight excluding hydrogens is 347 g/mol. The molecule has 0 saturated carbocycles. The van der Waals surface area contributed by atoms with Gasteiger partial charge in [-0.15, -0.1) is 0 Å². The first-order valence-electron chi connectivity index (χ1n) is 7.65. The Morgan fingerprint density at radius 3 is 2.42 bits per heavy atom. The quantitative estimate of drug-likeness (QED) is 0.802. The number of carbonyl (C=O) groups is 1. The summed E-state index contributed by atoms with van der Waals surface area (Å²) in [4.78, 5) is 11.6. The normalized spacial score (nSPS) is 10.4. The fraction of sp³-hybridized carbons (Fsp3) is 0.211. The molecule has 0 heterocycles. The standard InChI is InChI=1S/C19H16F3NO3/c20-19(21,22)15-7-6-10-17(13-15)25-12-5-4-11-23-18(24)14-26-16-8-2-1-3-9-16/h1-3,6-10,13H,11-12,14H2,(H,23,24). The van der Waals surface area contributed by atoms with E-state index in [0.29, 0.717) is 5.75 Å². The van der Waals surface area contributed by atoms with Gasteiger partial charge < -0.3 is 14.8 Å². The lowest BCUT2D eigenvalue weighted by Gasteiger charge is -2.08. The maximum absolute atomic E-state index is 12.6. The molecule has 0 fully saturated rings. The average molecular weight is 363 g/mol. The Bertz CT molecular complexity index is 780. The van der Waals surface area contributed by atoms with E-state index in [4.69, 9.17) is 9.47 Å². The summed E-state index contributed by atoms with van der Waals surface area (Å²) in [6.07, 6.45) is -4.42. The molecule has 0 aliphatic rings. The third-order valence-electron chi connectivity index (χ3n) is 3.08. The first-order valence-corrected chi connectivity index (χ1v) is 7.65. The van der Waals surface area contributed by atoms with Crippen LogP contribution in [0.2, 0.25) is 0 Å². The lowest BCUT2D eigenvalue weighted by atomic mass is 10.2. The monoisotopic (exact) mass is 363 g/mol. The number of ether oxygens (including phenoxy) is 2. The van der Waals surface area contributed by atoms with Gasteiger partial charge in [0.1, 0.15) is 18.1 Å².